The lowest BCUT2D eigenvalue weighted by molar-refractivity contribution is -0.384. The Morgan fingerprint density at radius 1 is 0.925 bits per heavy atom. The SMILES string of the molecule is CC(=O)NC(C)N1C(=O)CCC1=O.CC(=O)Oc1ccc([N+](=O)[O-])cc1.CCNC(C)=O.O=C1CCC(=O)N1O. The molecule has 0 aliphatic carbocycles. The summed E-state index contributed by atoms with van der Waals surface area (Å²) in [5.74, 6) is -1.80. The zero-order chi connectivity index (χ0) is 31.0. The number of nitro groups is 1. The van der Waals surface area contributed by atoms with Crippen LogP contribution in [0.2, 0.25) is 0 Å². The van der Waals surface area contributed by atoms with Crippen molar-refractivity contribution in [3.8, 4) is 5.75 Å². The monoisotopic (exact) mass is 567 g/mol. The third-order valence-corrected chi connectivity index (χ3v) is 4.65. The van der Waals surface area contributed by atoms with Gasteiger partial charge in [-0.1, -0.05) is 0 Å². The summed E-state index contributed by atoms with van der Waals surface area (Å²) in [6.45, 7) is 8.35. The second-order valence-electron chi connectivity index (χ2n) is 8.06. The normalized spacial score (nSPS) is 14.4. The van der Waals surface area contributed by atoms with Gasteiger partial charge in [-0.3, -0.25) is 53.8 Å². The number of hydrogen-bond donors (Lipinski definition) is 3. The average Bonchev–Trinajstić information content (AvgIpc) is 3.34. The number of esters is 1. The molecular formula is C24H33N5O11. The van der Waals surface area contributed by atoms with E-state index in [4.69, 9.17) is 5.21 Å². The molecule has 6 amide bonds. The van der Waals surface area contributed by atoms with Crippen molar-refractivity contribution in [2.24, 2.45) is 0 Å². The van der Waals surface area contributed by atoms with Crippen LogP contribution in [0, 0.1) is 10.1 Å². The first-order valence-corrected chi connectivity index (χ1v) is 11.9. The standard InChI is InChI=1S/C8H12N2O3.C8H7NO4.C4H5NO3.C4H9NO/c1-5(9-6(2)11)10-7(12)3-4-8(10)13;1-6(10)13-8-4-2-7(3-5-8)9(11)12;6-3-1-2-4(7)5(3)8;1-3-5-4(2)6/h5H,3-4H2,1-2H3,(H,9,11);2-5H,1H3;8H,1-2H2;3H2,1-2H3,(H,5,6). The molecule has 1 unspecified atom stereocenters. The van der Waals surface area contributed by atoms with Gasteiger partial charge in [0, 0.05) is 65.1 Å². The van der Waals surface area contributed by atoms with E-state index >= 15 is 0 Å². The smallest absolute Gasteiger partial charge is 0.308 e. The third kappa shape index (κ3) is 13.7. The summed E-state index contributed by atoms with van der Waals surface area (Å²) < 4.78 is 4.69. The highest BCUT2D eigenvalue weighted by molar-refractivity contribution is 6.02. The summed E-state index contributed by atoms with van der Waals surface area (Å²) >= 11 is 0. The number of amides is 6. The first-order valence-electron chi connectivity index (χ1n) is 11.9. The summed E-state index contributed by atoms with van der Waals surface area (Å²) in [5.41, 5.74) is -0.0316. The number of nitrogens with one attached hydrogen (secondary N) is 2. The number of hydroxylamine groups is 2. The predicted molar refractivity (Wildman–Crippen MR) is 136 cm³/mol. The van der Waals surface area contributed by atoms with Crippen molar-refractivity contribution in [1.82, 2.24) is 20.6 Å². The summed E-state index contributed by atoms with van der Waals surface area (Å²) in [4.78, 5) is 84.7. The lowest BCUT2D eigenvalue weighted by Gasteiger charge is -2.22. The van der Waals surface area contributed by atoms with Gasteiger partial charge in [-0.05, 0) is 26.0 Å². The molecule has 1 atom stereocenters. The molecule has 2 saturated heterocycles. The molecule has 1 aromatic carbocycles. The van der Waals surface area contributed by atoms with Crippen molar-refractivity contribution >= 4 is 47.1 Å². The molecule has 0 aromatic heterocycles. The molecule has 0 bridgehead atoms. The van der Waals surface area contributed by atoms with E-state index in [1.165, 1.54) is 45.0 Å². The number of benzene rings is 1. The molecule has 2 aliphatic rings. The second kappa shape index (κ2) is 17.7. The van der Waals surface area contributed by atoms with E-state index in [0.717, 1.165) is 11.4 Å². The molecule has 0 saturated carbocycles. The maximum absolute atomic E-state index is 11.2. The molecular weight excluding hydrogens is 534 g/mol. The molecule has 2 fully saturated rings. The lowest BCUT2D eigenvalue weighted by atomic mass is 10.3. The molecule has 3 N–H and O–H groups in total. The van der Waals surface area contributed by atoms with E-state index in [9.17, 15) is 43.7 Å². The Balaban J connectivity index is 0.000000530. The van der Waals surface area contributed by atoms with Gasteiger partial charge in [0.1, 0.15) is 11.9 Å². The third-order valence-electron chi connectivity index (χ3n) is 4.65. The summed E-state index contributed by atoms with van der Waals surface area (Å²) in [7, 11) is 0. The van der Waals surface area contributed by atoms with Crippen LogP contribution in [0.3, 0.4) is 0 Å². The van der Waals surface area contributed by atoms with E-state index in [1.807, 2.05) is 6.92 Å². The molecule has 2 aliphatic heterocycles. The second-order valence-corrected chi connectivity index (χ2v) is 8.06. The Labute approximate surface area is 229 Å². The maximum Gasteiger partial charge on any atom is 0.308 e. The number of rotatable bonds is 5. The maximum atomic E-state index is 11.2. The number of likely N-dealkylation sites (tertiary alicyclic amines) is 1. The molecule has 16 heteroatoms. The van der Waals surface area contributed by atoms with Crippen LogP contribution in [-0.4, -0.2) is 74.2 Å². The number of nitro benzene ring substituents is 1. The van der Waals surface area contributed by atoms with Crippen LogP contribution in [0.4, 0.5) is 5.69 Å². The van der Waals surface area contributed by atoms with Crippen molar-refractivity contribution in [2.75, 3.05) is 6.54 Å². The van der Waals surface area contributed by atoms with Gasteiger partial charge in [0.25, 0.3) is 17.5 Å². The van der Waals surface area contributed by atoms with Gasteiger partial charge in [0.15, 0.2) is 0 Å². The highest BCUT2D eigenvalue weighted by Gasteiger charge is 2.33. The number of ether oxygens (including phenoxy) is 1. The Morgan fingerprint density at radius 2 is 1.38 bits per heavy atom. The molecule has 0 spiro atoms. The van der Waals surface area contributed by atoms with Gasteiger partial charge in [0.05, 0.1) is 4.92 Å². The van der Waals surface area contributed by atoms with Gasteiger partial charge in [-0.25, -0.2) is 0 Å². The average molecular weight is 568 g/mol. The van der Waals surface area contributed by atoms with Gasteiger partial charge in [-0.2, -0.15) is 5.06 Å². The van der Waals surface area contributed by atoms with Crippen molar-refractivity contribution in [3.63, 3.8) is 0 Å². The van der Waals surface area contributed by atoms with E-state index in [1.54, 1.807) is 6.92 Å². The molecule has 16 nitrogen and oxygen atoms in total. The van der Waals surface area contributed by atoms with E-state index < -0.39 is 28.9 Å². The number of carbonyl (C=O) groups excluding carboxylic acids is 7. The van der Waals surface area contributed by atoms with Gasteiger partial charge >= 0.3 is 5.97 Å². The molecule has 1 aromatic rings. The van der Waals surface area contributed by atoms with Crippen LogP contribution in [0.5, 0.6) is 5.75 Å². The number of carbonyl (C=O) groups is 7. The minimum atomic E-state index is -0.528. The molecule has 3 rings (SSSR count). The fourth-order valence-electron chi connectivity index (χ4n) is 3.00. The highest BCUT2D eigenvalue weighted by Crippen LogP contribution is 2.17. The van der Waals surface area contributed by atoms with Crippen LogP contribution in [0.1, 0.15) is 60.3 Å². The Hall–Kier alpha value is -4.73. The van der Waals surface area contributed by atoms with Crippen molar-refractivity contribution in [2.45, 2.75) is 66.5 Å². The molecule has 40 heavy (non-hydrogen) atoms. The lowest BCUT2D eigenvalue weighted by Crippen LogP contribution is -2.48. The first-order chi connectivity index (χ1) is 18.6. The summed E-state index contributed by atoms with van der Waals surface area (Å²) in [5, 5.41) is 23.9. The van der Waals surface area contributed by atoms with E-state index in [0.29, 0.717) is 5.75 Å². The van der Waals surface area contributed by atoms with E-state index in [2.05, 4.69) is 15.4 Å². The van der Waals surface area contributed by atoms with Gasteiger partial charge < -0.3 is 15.4 Å². The number of non-ortho nitro benzene ring substituents is 1. The van der Waals surface area contributed by atoms with Crippen LogP contribution < -0.4 is 15.4 Å². The zero-order valence-electron chi connectivity index (χ0n) is 22.8. The van der Waals surface area contributed by atoms with Gasteiger partial charge in [-0.15, -0.1) is 0 Å². The largest absolute Gasteiger partial charge is 0.427 e. The number of hydrogen-bond acceptors (Lipinski definition) is 11. The minimum Gasteiger partial charge on any atom is -0.427 e. The Kier molecular flexibility index (Phi) is 15.6. The van der Waals surface area contributed by atoms with Gasteiger partial charge in [0.2, 0.25) is 23.6 Å². The van der Waals surface area contributed by atoms with Crippen LogP contribution in [0.15, 0.2) is 24.3 Å². The molecule has 2 heterocycles. The predicted octanol–water partition coefficient (Wildman–Crippen LogP) is 0.805. The van der Waals surface area contributed by atoms with Crippen molar-refractivity contribution < 1.29 is 48.4 Å². The van der Waals surface area contributed by atoms with Crippen LogP contribution in [0.25, 0.3) is 0 Å². The minimum absolute atomic E-state index is 0.0316. The topological polar surface area (TPSA) is 223 Å². The van der Waals surface area contributed by atoms with E-state index in [-0.39, 0.29) is 60.1 Å². The molecule has 220 valence electrons. The van der Waals surface area contributed by atoms with Crippen molar-refractivity contribution in [1.29, 1.82) is 0 Å². The Bertz CT molecular complexity index is 1070. The quantitative estimate of drug-likeness (QED) is 0.113. The fraction of sp³-hybridized carbons (Fsp3) is 0.458. The summed E-state index contributed by atoms with van der Waals surface area (Å²) in [6.07, 6.45) is 0.274. The van der Waals surface area contributed by atoms with Crippen LogP contribution >= 0.6 is 0 Å². The van der Waals surface area contributed by atoms with Crippen LogP contribution in [-0.2, 0) is 33.6 Å². The Morgan fingerprint density at radius 3 is 1.65 bits per heavy atom. The zero-order valence-corrected chi connectivity index (χ0v) is 22.8. The summed E-state index contributed by atoms with van der Waals surface area (Å²) in [6, 6.07) is 5.30. The van der Waals surface area contributed by atoms with Crippen molar-refractivity contribution in [3.05, 3.63) is 34.4 Å². The molecule has 0 radical (unpaired) electrons. The number of imide groups is 2. The number of nitrogens with zero attached hydrogens (tertiary/aromatic N) is 3. The highest BCUT2D eigenvalue weighted by atomic mass is 16.6. The first kappa shape index (κ1) is 35.3. The fourth-order valence-corrected chi connectivity index (χ4v) is 3.00.